The third-order valence-electron chi connectivity index (χ3n) is 16.6. The van der Waals surface area contributed by atoms with E-state index >= 15 is 0 Å². The van der Waals surface area contributed by atoms with Crippen LogP contribution in [0.1, 0.15) is 57.2 Å². The lowest BCUT2D eigenvalue weighted by Gasteiger charge is -2.32. The van der Waals surface area contributed by atoms with Gasteiger partial charge in [-0.15, -0.1) is 11.3 Å². The molecule has 0 saturated carbocycles. The van der Waals surface area contributed by atoms with Gasteiger partial charge in [0.05, 0.1) is 16.7 Å². The molecule has 3 nitrogen and oxygen atoms in total. The Morgan fingerprint density at radius 3 is 1.77 bits per heavy atom. The highest BCUT2D eigenvalue weighted by Crippen LogP contribution is 2.56. The Bertz CT molecular complexity index is 4510. The first-order valence-electron chi connectivity index (χ1n) is 28.5. The van der Waals surface area contributed by atoms with E-state index in [1.165, 1.54) is 92.1 Å². The number of benzene rings is 11. The minimum atomic E-state index is -0.194. The highest BCUT2D eigenvalue weighted by Gasteiger charge is 2.38. The van der Waals surface area contributed by atoms with Crippen LogP contribution >= 0.6 is 11.3 Å². The van der Waals surface area contributed by atoms with Gasteiger partial charge in [0.2, 0.25) is 0 Å². The maximum atomic E-state index is 2.54. The molecule has 0 radical (unpaired) electrons. The largest absolute Gasteiger partial charge is 0.310 e. The molecular weight excluding hydrogens is 999 g/mol. The van der Waals surface area contributed by atoms with Crippen LogP contribution in [-0.4, -0.2) is 4.57 Å². The van der Waals surface area contributed by atoms with E-state index in [1.54, 1.807) is 0 Å². The Labute approximate surface area is 479 Å². The summed E-state index contributed by atoms with van der Waals surface area (Å²) in [7, 11) is 0. The molecule has 15 rings (SSSR count). The summed E-state index contributed by atoms with van der Waals surface area (Å²) in [4.78, 5) is 4.96. The number of para-hydroxylation sites is 3. The third-order valence-corrected chi connectivity index (χ3v) is 17.8. The Kier molecular flexibility index (Phi) is 12.7. The van der Waals surface area contributed by atoms with E-state index in [9.17, 15) is 0 Å². The van der Waals surface area contributed by atoms with Crippen molar-refractivity contribution in [1.29, 1.82) is 0 Å². The van der Waals surface area contributed by atoms with Crippen LogP contribution < -0.4 is 9.80 Å². The van der Waals surface area contributed by atoms with Gasteiger partial charge in [-0.2, -0.15) is 0 Å². The molecule has 390 valence electrons. The lowest BCUT2D eigenvalue weighted by atomic mass is 9.82. The fourth-order valence-electron chi connectivity index (χ4n) is 12.9. The van der Waals surface area contributed by atoms with Crippen LogP contribution in [0.4, 0.5) is 34.1 Å². The molecule has 2 heterocycles. The van der Waals surface area contributed by atoms with Crippen LogP contribution in [0.3, 0.4) is 0 Å². The summed E-state index contributed by atoms with van der Waals surface area (Å²) in [6.45, 7) is 8.76. The summed E-state index contributed by atoms with van der Waals surface area (Å²) in [5, 5.41) is 5.03. The second kappa shape index (κ2) is 20.6. The first kappa shape index (κ1) is 49.8. The molecule has 81 heavy (non-hydrogen) atoms. The lowest BCUT2D eigenvalue weighted by Crippen LogP contribution is -2.16. The van der Waals surface area contributed by atoms with Gasteiger partial charge in [0.1, 0.15) is 0 Å². The predicted molar refractivity (Wildman–Crippen MR) is 349 cm³/mol. The number of rotatable bonds is 10. The predicted octanol–water partition coefficient (Wildman–Crippen LogP) is 22.5. The van der Waals surface area contributed by atoms with Crippen LogP contribution in [0.5, 0.6) is 0 Å². The molecule has 0 amide bonds. The topological polar surface area (TPSA) is 11.4 Å². The molecule has 13 aromatic rings. The quantitative estimate of drug-likeness (QED) is 0.135. The number of thiophene rings is 1. The van der Waals surface area contributed by atoms with Crippen LogP contribution in [0.15, 0.2) is 273 Å². The van der Waals surface area contributed by atoms with Gasteiger partial charge in [0.25, 0.3) is 0 Å². The fraction of sp³-hybridized carbons (Fsp3) is 0.0909. The van der Waals surface area contributed by atoms with Gasteiger partial charge in [0.15, 0.2) is 0 Å². The number of nitrogens with zero attached hydrogens (tertiary/aromatic N) is 3. The number of hydrogen-bond donors (Lipinski definition) is 0. The molecule has 4 heteroatoms. The molecule has 0 saturated heterocycles. The average molecular weight is 1060 g/mol. The highest BCUT2D eigenvalue weighted by molar-refractivity contribution is 7.26. The fourth-order valence-corrected chi connectivity index (χ4v) is 14.1. The summed E-state index contributed by atoms with van der Waals surface area (Å²) in [5.41, 5.74) is 22.5. The van der Waals surface area contributed by atoms with Gasteiger partial charge in [-0.1, -0.05) is 204 Å². The Hall–Kier alpha value is -9.48. The van der Waals surface area contributed by atoms with E-state index in [0.717, 1.165) is 58.2 Å². The first-order chi connectivity index (χ1) is 40.0. The maximum absolute atomic E-state index is 2.54. The summed E-state index contributed by atoms with van der Waals surface area (Å²) in [5.74, 6) is 0. The SMILES string of the molecule is CC.CC1(C)c2ccccc2-c2c(N(c3ccc(-c4ccccc4)cc3)c3cc(-c4cc5c6cc(C7=CC=CCC7)ccc6n(-c6ccccc6)c5c5c4sc4ccccc45)cc(N(c4ccccc4)c4ccccc4)c3)cccc21. The van der Waals surface area contributed by atoms with Gasteiger partial charge in [-0.25, -0.2) is 0 Å². The summed E-state index contributed by atoms with van der Waals surface area (Å²) in [6.07, 6.45) is 8.88. The van der Waals surface area contributed by atoms with E-state index in [2.05, 4.69) is 301 Å². The Morgan fingerprint density at radius 2 is 1.05 bits per heavy atom. The van der Waals surface area contributed by atoms with Crippen molar-refractivity contribution in [1.82, 2.24) is 4.57 Å². The van der Waals surface area contributed by atoms with Gasteiger partial charge >= 0.3 is 0 Å². The number of hydrogen-bond acceptors (Lipinski definition) is 3. The van der Waals surface area contributed by atoms with Crippen molar-refractivity contribution in [3.63, 3.8) is 0 Å². The minimum absolute atomic E-state index is 0.194. The van der Waals surface area contributed by atoms with Gasteiger partial charge in [-0.05, 0) is 154 Å². The van der Waals surface area contributed by atoms with Crippen molar-refractivity contribution in [2.75, 3.05) is 9.80 Å². The van der Waals surface area contributed by atoms with E-state index in [-0.39, 0.29) is 5.41 Å². The summed E-state index contributed by atoms with van der Waals surface area (Å²) in [6, 6.07) is 94.7. The summed E-state index contributed by atoms with van der Waals surface area (Å²) < 4.78 is 5.06. The Balaban J connectivity index is 0.00000291. The van der Waals surface area contributed by atoms with Gasteiger partial charge in [0, 0.05) is 81.6 Å². The lowest BCUT2D eigenvalue weighted by molar-refractivity contribution is 0.660. The maximum Gasteiger partial charge on any atom is 0.0634 e. The van der Waals surface area contributed by atoms with E-state index in [0.29, 0.717) is 0 Å². The van der Waals surface area contributed by atoms with Crippen molar-refractivity contribution in [2.45, 2.75) is 46.0 Å². The van der Waals surface area contributed by atoms with Crippen LogP contribution in [0.25, 0.3) is 86.6 Å². The molecule has 11 aromatic carbocycles. The van der Waals surface area contributed by atoms with Crippen molar-refractivity contribution >= 4 is 93.0 Å². The molecule has 2 aliphatic rings. The molecule has 0 aliphatic heterocycles. The first-order valence-corrected chi connectivity index (χ1v) is 29.4. The summed E-state index contributed by atoms with van der Waals surface area (Å²) >= 11 is 1.90. The molecule has 0 atom stereocenters. The number of fused-ring (bicyclic) bond motifs is 10. The standard InChI is InChI=1S/C75H55N3S.C2H6/c1-75(2)66-35-20-18-33-61(66)71-67(75)36-22-37-69(71)77(58-42-39-52(40-43-58)50-23-8-3-9-24-50)60-46-54(45-59(48-60)76(55-27-12-5-13-28-55)56-29-14-6-15-30-56)63-49-65-64-47-53(51-25-10-4-11-26-51)41-44-68(64)78(57-31-16-7-17-32-57)73(65)72-62-34-19-21-38-70(62)79-74(63)72;1-2/h3-10,12-25,27-49H,11,26H2,1-2H3;1-2H3. The monoisotopic (exact) mass is 1060 g/mol. The zero-order valence-corrected chi connectivity index (χ0v) is 47.0. The van der Waals surface area contributed by atoms with E-state index < -0.39 is 0 Å². The molecule has 0 fully saturated rings. The van der Waals surface area contributed by atoms with Crippen molar-refractivity contribution in [3.05, 3.63) is 290 Å². The molecule has 0 unspecified atom stereocenters. The van der Waals surface area contributed by atoms with E-state index in [4.69, 9.17) is 0 Å². The minimum Gasteiger partial charge on any atom is -0.310 e. The van der Waals surface area contributed by atoms with Crippen LogP contribution in [-0.2, 0) is 5.41 Å². The average Bonchev–Trinajstić information content (AvgIpc) is 4.00. The molecular formula is C77H61N3S. The molecule has 0 N–H and O–H groups in total. The zero-order chi connectivity index (χ0) is 54.6. The van der Waals surface area contributed by atoms with Gasteiger partial charge < -0.3 is 14.4 Å². The van der Waals surface area contributed by atoms with Crippen LogP contribution in [0.2, 0.25) is 0 Å². The Morgan fingerprint density at radius 1 is 0.444 bits per heavy atom. The van der Waals surface area contributed by atoms with Crippen LogP contribution in [0, 0.1) is 0 Å². The van der Waals surface area contributed by atoms with Gasteiger partial charge in [-0.3, -0.25) is 0 Å². The zero-order valence-electron chi connectivity index (χ0n) is 46.1. The smallest absolute Gasteiger partial charge is 0.0634 e. The van der Waals surface area contributed by atoms with E-state index in [1.807, 2.05) is 25.2 Å². The molecule has 2 aliphatic carbocycles. The van der Waals surface area contributed by atoms with Crippen molar-refractivity contribution in [3.8, 4) is 39.1 Å². The number of anilines is 6. The second-order valence-electron chi connectivity index (χ2n) is 21.5. The molecule has 2 aromatic heterocycles. The second-order valence-corrected chi connectivity index (χ2v) is 22.6. The number of aromatic nitrogens is 1. The third kappa shape index (κ3) is 8.49. The highest BCUT2D eigenvalue weighted by atomic mass is 32.1. The number of allylic oxidation sites excluding steroid dienone is 4. The molecule has 0 spiro atoms. The van der Waals surface area contributed by atoms with Crippen molar-refractivity contribution < 1.29 is 0 Å². The normalized spacial score (nSPS) is 13.2. The van der Waals surface area contributed by atoms with Crippen molar-refractivity contribution in [2.24, 2.45) is 0 Å². The molecule has 0 bridgehead atoms.